The Balaban J connectivity index is 0.000000125. The van der Waals surface area contributed by atoms with E-state index in [2.05, 4.69) is 11.1 Å². The van der Waals surface area contributed by atoms with Crippen molar-refractivity contribution in [2.45, 2.75) is 52.9 Å². The van der Waals surface area contributed by atoms with E-state index in [1.54, 1.807) is 37.4 Å². The minimum atomic E-state index is -0.799. The molecule has 10 heteroatoms. The highest BCUT2D eigenvalue weighted by Gasteiger charge is 2.43. The summed E-state index contributed by atoms with van der Waals surface area (Å²) in [6.45, 7) is 6.22. The molecular weight excluding hydrogens is 865 g/mol. The fourth-order valence-electron chi connectivity index (χ4n) is 10.2. The molecule has 5 aliphatic carbocycles. The number of aromatic nitrogens is 1. The molecule has 0 fully saturated rings. The van der Waals surface area contributed by atoms with Gasteiger partial charge in [0, 0.05) is 46.1 Å². The number of allylic oxidation sites excluding steroid dienone is 4. The lowest BCUT2D eigenvalue weighted by Crippen LogP contribution is -2.27. The first-order valence-electron chi connectivity index (χ1n) is 22.7. The number of benzene rings is 5. The second-order valence-corrected chi connectivity index (χ2v) is 17.3. The molecule has 1 aromatic heterocycles. The molecule has 5 aromatic carbocycles. The molecule has 1 amide bonds. The minimum absolute atomic E-state index is 0.0445. The number of pyridine rings is 1. The predicted octanol–water partition coefficient (Wildman–Crippen LogP) is 9.84. The molecule has 3 atom stereocenters. The van der Waals surface area contributed by atoms with Gasteiger partial charge in [0.15, 0.2) is 34.7 Å². The van der Waals surface area contributed by atoms with Gasteiger partial charge in [0.2, 0.25) is 5.91 Å². The summed E-state index contributed by atoms with van der Waals surface area (Å²) in [7, 11) is 0. The number of ketones is 7. The summed E-state index contributed by atoms with van der Waals surface area (Å²) in [5.41, 5.74) is 17.7. The lowest BCUT2D eigenvalue weighted by atomic mass is 9.83. The van der Waals surface area contributed by atoms with Gasteiger partial charge in [-0.3, -0.25) is 43.3 Å². The second-order valence-electron chi connectivity index (χ2n) is 17.3. The van der Waals surface area contributed by atoms with Crippen molar-refractivity contribution in [2.24, 2.45) is 17.6 Å². The van der Waals surface area contributed by atoms with Crippen LogP contribution in [0.1, 0.15) is 127 Å². The molecule has 6 aromatic rings. The second kappa shape index (κ2) is 19.8. The molecule has 0 saturated heterocycles. The SMILES string of the molecule is CC(=O)C1=C(c2ccccc2)c2ccncc2C1=O.CC(=O)C1=C2CCCc3cccc(c32)C1=O.CC(=O)C1C(=O)c2ccccc2C1c1ccccc1.CC=C1c2ccccc2C(=O)C1C(N)=O. The van der Waals surface area contributed by atoms with Crippen molar-refractivity contribution < 1.29 is 38.4 Å². The van der Waals surface area contributed by atoms with Crippen LogP contribution in [0.5, 0.6) is 0 Å². The quantitative estimate of drug-likeness (QED) is 0.126. The van der Waals surface area contributed by atoms with Crippen LogP contribution >= 0.6 is 0 Å². The van der Waals surface area contributed by atoms with E-state index in [-0.39, 0.29) is 52.0 Å². The number of primary amides is 1. The third-order valence-corrected chi connectivity index (χ3v) is 13.1. The fraction of sp³-hybridized carbons (Fsp3) is 0.169. The number of hydrogen-bond acceptors (Lipinski definition) is 9. The summed E-state index contributed by atoms with van der Waals surface area (Å²) >= 11 is 0. The number of hydrogen-bond donors (Lipinski definition) is 1. The van der Waals surface area contributed by atoms with Gasteiger partial charge in [-0.1, -0.05) is 133 Å². The van der Waals surface area contributed by atoms with Crippen molar-refractivity contribution in [1.82, 2.24) is 4.98 Å². The molecule has 1 heterocycles. The Morgan fingerprint density at radius 1 is 0.594 bits per heavy atom. The maximum Gasteiger partial charge on any atom is 0.232 e. The average Bonchev–Trinajstić information content (AvgIpc) is 4.04. The topological polar surface area (TPSA) is 175 Å². The monoisotopic (exact) mass is 912 g/mol. The number of amides is 1. The Morgan fingerprint density at radius 2 is 1.19 bits per heavy atom. The van der Waals surface area contributed by atoms with Gasteiger partial charge in [0.05, 0.1) is 17.1 Å². The molecule has 5 aliphatic rings. The Hall–Kier alpha value is -8.37. The van der Waals surface area contributed by atoms with Gasteiger partial charge >= 0.3 is 0 Å². The Labute approximate surface area is 399 Å². The summed E-state index contributed by atoms with van der Waals surface area (Å²) in [4.78, 5) is 99.1. The van der Waals surface area contributed by atoms with E-state index in [9.17, 15) is 38.4 Å². The first kappa shape index (κ1) is 47.1. The first-order valence-corrected chi connectivity index (χ1v) is 22.7. The lowest BCUT2D eigenvalue weighted by Gasteiger charge is -2.17. The van der Waals surface area contributed by atoms with Crippen molar-refractivity contribution in [1.29, 1.82) is 0 Å². The summed E-state index contributed by atoms with van der Waals surface area (Å²) in [5.74, 6) is -2.98. The standard InChI is InChI=1S/C17H14O2.C16H11NO2.C14H12O2.C12H11NO2/c1-11(18)15-16(12-7-3-2-4-8-12)13-9-5-6-10-14(13)17(15)19;1-10(18)14-15(11-5-3-2-4-6-11)12-7-8-17-9-13(12)16(14)19;1-8(15)12-10-6-2-4-9-5-3-7-11(13(9)10)14(12)16;1-2-7-8-5-3-4-6-9(8)11(14)10(7)12(13)15/h2-10,15-16H,1H3;2-9H,1H3;3,5,7H,2,4,6H2,1H3;2-6,10H,1H3,(H2,13,15). The van der Waals surface area contributed by atoms with Gasteiger partial charge < -0.3 is 5.73 Å². The molecule has 3 unspecified atom stereocenters. The summed E-state index contributed by atoms with van der Waals surface area (Å²) in [5, 5.41) is 0. The van der Waals surface area contributed by atoms with Crippen molar-refractivity contribution >= 4 is 63.1 Å². The number of carbonyl (C=O) groups is 8. The van der Waals surface area contributed by atoms with Crippen LogP contribution in [0.25, 0.3) is 16.7 Å². The van der Waals surface area contributed by atoms with Crippen molar-refractivity contribution in [3.8, 4) is 0 Å². The molecule has 0 aliphatic heterocycles. The van der Waals surface area contributed by atoms with Gasteiger partial charge in [-0.2, -0.15) is 0 Å². The number of aryl methyl sites for hydroxylation is 1. The molecule has 2 N–H and O–H groups in total. The van der Waals surface area contributed by atoms with Gasteiger partial charge in [-0.25, -0.2) is 0 Å². The Morgan fingerprint density at radius 3 is 1.83 bits per heavy atom. The van der Waals surface area contributed by atoms with E-state index < -0.39 is 17.7 Å². The average molecular weight is 913 g/mol. The van der Waals surface area contributed by atoms with Crippen LogP contribution in [0.3, 0.4) is 0 Å². The normalized spacial score (nSPS) is 18.4. The minimum Gasteiger partial charge on any atom is -0.369 e. The van der Waals surface area contributed by atoms with Crippen LogP contribution in [0.2, 0.25) is 0 Å². The van der Waals surface area contributed by atoms with Crippen LogP contribution in [-0.4, -0.2) is 51.4 Å². The van der Waals surface area contributed by atoms with E-state index in [1.165, 1.54) is 32.5 Å². The third kappa shape index (κ3) is 8.73. The Bertz CT molecular complexity index is 3240. The van der Waals surface area contributed by atoms with Gasteiger partial charge in [0.1, 0.15) is 11.7 Å². The van der Waals surface area contributed by atoms with Crippen LogP contribution in [0, 0.1) is 11.8 Å². The van der Waals surface area contributed by atoms with Crippen LogP contribution in [-0.2, 0) is 25.6 Å². The number of rotatable bonds is 6. The van der Waals surface area contributed by atoms with Gasteiger partial charge in [-0.05, 0) is 103 Å². The maximum atomic E-state index is 12.4. The van der Waals surface area contributed by atoms with Crippen molar-refractivity contribution in [2.75, 3.05) is 0 Å². The molecule has 69 heavy (non-hydrogen) atoms. The summed E-state index contributed by atoms with van der Waals surface area (Å²) < 4.78 is 0. The largest absolute Gasteiger partial charge is 0.369 e. The predicted molar refractivity (Wildman–Crippen MR) is 263 cm³/mol. The number of nitrogens with zero attached hydrogens (tertiary/aromatic N) is 1. The van der Waals surface area contributed by atoms with E-state index in [0.29, 0.717) is 22.3 Å². The Kier molecular flexibility index (Phi) is 13.6. The third-order valence-electron chi connectivity index (χ3n) is 13.1. The molecule has 10 nitrogen and oxygen atoms in total. The highest BCUT2D eigenvalue weighted by atomic mass is 16.2. The van der Waals surface area contributed by atoms with E-state index in [1.807, 2.05) is 109 Å². The van der Waals surface area contributed by atoms with E-state index in [0.717, 1.165) is 74.9 Å². The zero-order chi connectivity index (χ0) is 49.1. The van der Waals surface area contributed by atoms with Crippen molar-refractivity contribution in [3.63, 3.8) is 0 Å². The van der Waals surface area contributed by atoms with Crippen molar-refractivity contribution in [3.05, 3.63) is 224 Å². The van der Waals surface area contributed by atoms with Gasteiger partial charge in [-0.15, -0.1) is 0 Å². The first-order chi connectivity index (χ1) is 33.3. The molecule has 342 valence electrons. The van der Waals surface area contributed by atoms with Crippen LogP contribution < -0.4 is 5.73 Å². The molecule has 0 radical (unpaired) electrons. The molecular formula is C59H48N2O8. The molecule has 0 bridgehead atoms. The highest BCUT2D eigenvalue weighted by molar-refractivity contribution is 6.36. The highest BCUT2D eigenvalue weighted by Crippen LogP contribution is 2.44. The number of nitrogens with two attached hydrogens (primary N) is 1. The fourth-order valence-corrected chi connectivity index (χ4v) is 10.2. The number of carbonyl (C=O) groups excluding carboxylic acids is 8. The lowest BCUT2D eigenvalue weighted by molar-refractivity contribution is -0.120. The number of Topliss-reactive ketones (excluding diaryl/α,β-unsaturated/α-hetero) is 7. The smallest absolute Gasteiger partial charge is 0.232 e. The van der Waals surface area contributed by atoms with Crippen LogP contribution in [0.15, 0.2) is 163 Å². The number of fused-ring (bicyclic) bond motifs is 3. The maximum absolute atomic E-state index is 12.4. The molecule has 11 rings (SSSR count). The summed E-state index contributed by atoms with van der Waals surface area (Å²) in [6, 6.07) is 41.6. The molecule has 0 spiro atoms. The van der Waals surface area contributed by atoms with Crippen LogP contribution in [0.4, 0.5) is 0 Å². The zero-order valence-electron chi connectivity index (χ0n) is 38.6. The molecule has 0 saturated carbocycles. The van der Waals surface area contributed by atoms with E-state index in [4.69, 9.17) is 5.73 Å². The summed E-state index contributed by atoms with van der Waals surface area (Å²) in [6.07, 6.45) is 7.86. The van der Waals surface area contributed by atoms with Gasteiger partial charge in [0.25, 0.3) is 0 Å². The van der Waals surface area contributed by atoms with E-state index >= 15 is 0 Å². The zero-order valence-corrected chi connectivity index (χ0v) is 38.6.